The van der Waals surface area contributed by atoms with Gasteiger partial charge in [-0.2, -0.15) is 0 Å². The van der Waals surface area contributed by atoms with E-state index in [1.165, 1.54) is 0 Å². The molecule has 2 aromatic rings. The molecular formula is C23H24O7. The minimum absolute atomic E-state index is 0.163. The number of hydrogen-bond acceptors (Lipinski definition) is 7. The van der Waals surface area contributed by atoms with Gasteiger partial charge in [-0.05, 0) is 57.2 Å². The van der Waals surface area contributed by atoms with E-state index in [1.54, 1.807) is 71.4 Å². The first kappa shape index (κ1) is 21.2. The molecule has 0 amide bonds. The number of allylic oxidation sites excluding steroid dienone is 1. The topological polar surface area (TPSA) is 80.3 Å². The van der Waals surface area contributed by atoms with E-state index < -0.39 is 5.97 Å². The van der Waals surface area contributed by atoms with Crippen molar-refractivity contribution in [3.63, 3.8) is 0 Å². The maximum Gasteiger partial charge on any atom is 0.344 e. The first-order valence-electron chi connectivity index (χ1n) is 9.46. The molecular weight excluding hydrogens is 388 g/mol. The number of carbonyl (C=O) groups is 2. The normalized spacial score (nSPS) is 13.8. The Balaban J connectivity index is 1.85. The van der Waals surface area contributed by atoms with E-state index in [1.807, 2.05) is 0 Å². The van der Waals surface area contributed by atoms with E-state index in [0.717, 1.165) is 0 Å². The Hall–Kier alpha value is -3.48. The molecule has 158 valence electrons. The Morgan fingerprint density at radius 2 is 1.83 bits per heavy atom. The van der Waals surface area contributed by atoms with Crippen molar-refractivity contribution in [1.29, 1.82) is 0 Å². The van der Waals surface area contributed by atoms with Crippen LogP contribution in [0.5, 0.6) is 23.0 Å². The van der Waals surface area contributed by atoms with Crippen LogP contribution in [0.3, 0.4) is 0 Å². The van der Waals surface area contributed by atoms with Crippen molar-refractivity contribution in [2.24, 2.45) is 0 Å². The molecule has 0 saturated heterocycles. The molecule has 7 heteroatoms. The van der Waals surface area contributed by atoms with Crippen LogP contribution in [0.2, 0.25) is 0 Å². The highest BCUT2D eigenvalue weighted by molar-refractivity contribution is 6.15. The molecule has 3 rings (SSSR count). The predicted molar refractivity (Wildman–Crippen MR) is 110 cm³/mol. The largest absolute Gasteiger partial charge is 0.497 e. The quantitative estimate of drug-likeness (QED) is 0.503. The van der Waals surface area contributed by atoms with E-state index >= 15 is 0 Å². The van der Waals surface area contributed by atoms with Crippen molar-refractivity contribution < 1.29 is 33.3 Å². The van der Waals surface area contributed by atoms with E-state index in [9.17, 15) is 9.59 Å². The molecule has 0 fully saturated rings. The van der Waals surface area contributed by atoms with Crippen LogP contribution >= 0.6 is 0 Å². The maximum atomic E-state index is 12.8. The van der Waals surface area contributed by atoms with Crippen LogP contribution in [-0.2, 0) is 9.53 Å². The smallest absolute Gasteiger partial charge is 0.344 e. The number of carbonyl (C=O) groups excluding carboxylic acids is 2. The first-order valence-corrected chi connectivity index (χ1v) is 9.46. The molecule has 0 atom stereocenters. The third-order valence-corrected chi connectivity index (χ3v) is 4.47. The molecule has 1 heterocycles. The Bertz CT molecular complexity index is 1000. The van der Waals surface area contributed by atoms with Crippen LogP contribution in [0, 0.1) is 6.92 Å². The lowest BCUT2D eigenvalue weighted by Crippen LogP contribution is -2.19. The zero-order chi connectivity index (χ0) is 21.8. The van der Waals surface area contributed by atoms with Gasteiger partial charge >= 0.3 is 5.97 Å². The van der Waals surface area contributed by atoms with Gasteiger partial charge < -0.3 is 23.7 Å². The summed E-state index contributed by atoms with van der Waals surface area (Å²) in [5.74, 6) is 1.52. The highest BCUT2D eigenvalue weighted by atomic mass is 16.6. The Labute approximate surface area is 175 Å². The SMILES string of the molecule is COc1ccc(OC)c(/C=C2\Oc3c(ccc(OCC(=O)OC(C)C)c3C)C2=O)c1. The lowest BCUT2D eigenvalue weighted by molar-refractivity contribution is -0.149. The maximum absolute atomic E-state index is 12.8. The van der Waals surface area contributed by atoms with Gasteiger partial charge in [0, 0.05) is 11.1 Å². The molecule has 0 N–H and O–H groups in total. The average Bonchev–Trinajstić information content (AvgIpc) is 3.03. The fourth-order valence-corrected chi connectivity index (χ4v) is 3.05. The van der Waals surface area contributed by atoms with E-state index in [-0.39, 0.29) is 24.3 Å². The zero-order valence-corrected chi connectivity index (χ0v) is 17.6. The Morgan fingerprint density at radius 3 is 2.50 bits per heavy atom. The molecule has 7 nitrogen and oxygen atoms in total. The minimum atomic E-state index is -0.465. The summed E-state index contributed by atoms with van der Waals surface area (Å²) in [4.78, 5) is 24.6. The van der Waals surface area contributed by atoms with Crippen molar-refractivity contribution in [2.75, 3.05) is 20.8 Å². The van der Waals surface area contributed by atoms with Gasteiger partial charge in [0.05, 0.1) is 25.9 Å². The van der Waals surface area contributed by atoms with Gasteiger partial charge in [-0.1, -0.05) is 0 Å². The molecule has 0 spiro atoms. The number of hydrogen-bond donors (Lipinski definition) is 0. The molecule has 1 aliphatic heterocycles. The molecule has 0 aliphatic carbocycles. The monoisotopic (exact) mass is 412 g/mol. The van der Waals surface area contributed by atoms with Gasteiger partial charge in [-0.3, -0.25) is 4.79 Å². The number of esters is 1. The van der Waals surface area contributed by atoms with Crippen molar-refractivity contribution >= 4 is 17.8 Å². The van der Waals surface area contributed by atoms with E-state index in [2.05, 4.69) is 0 Å². The molecule has 0 unspecified atom stereocenters. The summed E-state index contributed by atoms with van der Waals surface area (Å²) in [7, 11) is 3.11. The molecule has 30 heavy (non-hydrogen) atoms. The average molecular weight is 412 g/mol. The van der Waals surface area contributed by atoms with E-state index in [0.29, 0.717) is 39.7 Å². The number of ketones is 1. The molecule has 0 aromatic heterocycles. The molecule has 1 aliphatic rings. The van der Waals surface area contributed by atoms with Crippen molar-refractivity contribution in [1.82, 2.24) is 0 Å². The highest BCUT2D eigenvalue weighted by Gasteiger charge is 2.30. The Morgan fingerprint density at radius 1 is 1.10 bits per heavy atom. The second-order valence-corrected chi connectivity index (χ2v) is 6.94. The summed E-state index contributed by atoms with van der Waals surface area (Å²) in [6.07, 6.45) is 1.40. The van der Waals surface area contributed by atoms with Gasteiger partial charge in [-0.25, -0.2) is 4.79 Å². The Kier molecular flexibility index (Phi) is 6.30. The molecule has 0 bridgehead atoms. The molecule has 0 saturated carbocycles. The van der Waals surface area contributed by atoms with Gasteiger partial charge in [-0.15, -0.1) is 0 Å². The first-order chi connectivity index (χ1) is 14.3. The van der Waals surface area contributed by atoms with Crippen molar-refractivity contribution in [3.05, 3.63) is 52.8 Å². The number of benzene rings is 2. The van der Waals surface area contributed by atoms with Crippen LogP contribution < -0.4 is 18.9 Å². The second kappa shape index (κ2) is 8.90. The summed E-state index contributed by atoms with van der Waals surface area (Å²) in [6.45, 7) is 5.08. The second-order valence-electron chi connectivity index (χ2n) is 6.94. The summed E-state index contributed by atoms with van der Waals surface area (Å²) >= 11 is 0. The number of fused-ring (bicyclic) bond motifs is 1. The number of ether oxygens (including phenoxy) is 5. The van der Waals surface area contributed by atoms with Gasteiger partial charge in [0.25, 0.3) is 0 Å². The minimum Gasteiger partial charge on any atom is -0.497 e. The standard InChI is InChI=1S/C23H24O7/c1-13(2)29-21(24)12-28-18-9-7-17-22(25)20(30-23(17)14(18)3)11-15-10-16(26-4)6-8-19(15)27-5/h6-11,13H,12H2,1-5H3/b20-11-. The lowest BCUT2D eigenvalue weighted by atomic mass is 10.1. The molecule has 2 aromatic carbocycles. The number of Topliss-reactive ketones (excluding diaryl/α,β-unsaturated/α-hetero) is 1. The zero-order valence-electron chi connectivity index (χ0n) is 17.6. The lowest BCUT2D eigenvalue weighted by Gasteiger charge is -2.12. The predicted octanol–water partition coefficient (Wildman–Crippen LogP) is 3.96. The van der Waals surface area contributed by atoms with E-state index in [4.69, 9.17) is 23.7 Å². The van der Waals surface area contributed by atoms with Crippen molar-refractivity contribution in [3.8, 4) is 23.0 Å². The number of rotatable bonds is 7. The third kappa shape index (κ3) is 4.40. The van der Waals surface area contributed by atoms with Gasteiger partial charge in [0.15, 0.2) is 12.4 Å². The molecule has 0 radical (unpaired) electrons. The third-order valence-electron chi connectivity index (χ3n) is 4.47. The summed E-state index contributed by atoms with van der Waals surface area (Å²) < 4.78 is 27.1. The van der Waals surface area contributed by atoms with Crippen LogP contribution in [0.25, 0.3) is 6.08 Å². The van der Waals surface area contributed by atoms with Crippen molar-refractivity contribution in [2.45, 2.75) is 26.9 Å². The fourth-order valence-electron chi connectivity index (χ4n) is 3.05. The van der Waals surface area contributed by atoms with Crippen LogP contribution in [0.1, 0.15) is 35.3 Å². The van der Waals surface area contributed by atoms with Crippen LogP contribution in [0.15, 0.2) is 36.1 Å². The summed E-state index contributed by atoms with van der Waals surface area (Å²) in [5.41, 5.74) is 1.70. The van der Waals surface area contributed by atoms with Crippen LogP contribution in [0.4, 0.5) is 0 Å². The highest BCUT2D eigenvalue weighted by Crippen LogP contribution is 2.40. The van der Waals surface area contributed by atoms with Gasteiger partial charge in [0.1, 0.15) is 23.0 Å². The van der Waals surface area contributed by atoms with Gasteiger partial charge in [0.2, 0.25) is 5.78 Å². The number of methoxy groups -OCH3 is 2. The summed E-state index contributed by atoms with van der Waals surface area (Å²) in [5, 5.41) is 0. The fraction of sp³-hybridized carbons (Fsp3) is 0.304. The van der Waals surface area contributed by atoms with Crippen LogP contribution in [-0.4, -0.2) is 38.7 Å². The summed E-state index contributed by atoms with van der Waals surface area (Å²) in [6, 6.07) is 8.55.